The van der Waals surface area contributed by atoms with Crippen molar-refractivity contribution >= 4 is 5.91 Å². The average Bonchev–Trinajstić information content (AvgIpc) is 2.25. The SMILES string of the molecule is COC1(CC(=O)NC2CCCNC2)CCC1. The Bertz CT molecular complexity index is 240. The minimum absolute atomic E-state index is 0.147. The van der Waals surface area contributed by atoms with Gasteiger partial charge in [0.1, 0.15) is 0 Å². The van der Waals surface area contributed by atoms with E-state index in [0.717, 1.165) is 38.8 Å². The number of hydrogen-bond acceptors (Lipinski definition) is 3. The third kappa shape index (κ3) is 2.74. The van der Waals surface area contributed by atoms with Crippen molar-refractivity contribution in [2.24, 2.45) is 0 Å². The predicted octanol–water partition coefficient (Wildman–Crippen LogP) is 0.814. The molecule has 1 saturated carbocycles. The first-order chi connectivity index (χ1) is 7.74. The van der Waals surface area contributed by atoms with Crippen LogP contribution in [0.15, 0.2) is 0 Å². The van der Waals surface area contributed by atoms with E-state index in [0.29, 0.717) is 12.5 Å². The van der Waals surface area contributed by atoms with Crippen molar-refractivity contribution in [2.45, 2.75) is 50.2 Å². The molecule has 0 radical (unpaired) electrons. The van der Waals surface area contributed by atoms with Crippen molar-refractivity contribution in [3.8, 4) is 0 Å². The zero-order valence-electron chi connectivity index (χ0n) is 10.1. The fraction of sp³-hybridized carbons (Fsp3) is 0.917. The third-order valence-corrected chi connectivity index (χ3v) is 3.84. The standard InChI is InChI=1S/C12H22N2O2/c1-16-12(5-3-6-12)8-11(15)14-10-4-2-7-13-9-10/h10,13H,2-9H2,1H3,(H,14,15). The van der Waals surface area contributed by atoms with Crippen LogP contribution in [-0.4, -0.2) is 37.7 Å². The van der Waals surface area contributed by atoms with E-state index in [1.165, 1.54) is 6.42 Å². The molecule has 2 aliphatic rings. The molecule has 1 aliphatic heterocycles. The summed E-state index contributed by atoms with van der Waals surface area (Å²) in [5.74, 6) is 0.148. The molecule has 0 bridgehead atoms. The summed E-state index contributed by atoms with van der Waals surface area (Å²) in [5.41, 5.74) is -0.147. The lowest BCUT2D eigenvalue weighted by Gasteiger charge is -2.40. The molecular formula is C12H22N2O2. The molecule has 1 heterocycles. The molecule has 0 aromatic carbocycles. The molecule has 1 saturated heterocycles. The van der Waals surface area contributed by atoms with Crippen molar-refractivity contribution < 1.29 is 9.53 Å². The smallest absolute Gasteiger partial charge is 0.223 e. The number of rotatable bonds is 4. The molecule has 1 amide bonds. The number of piperidine rings is 1. The lowest BCUT2D eigenvalue weighted by Crippen LogP contribution is -2.49. The minimum Gasteiger partial charge on any atom is -0.378 e. The van der Waals surface area contributed by atoms with Crippen molar-refractivity contribution in [2.75, 3.05) is 20.2 Å². The summed E-state index contributed by atoms with van der Waals surface area (Å²) in [7, 11) is 1.72. The number of methoxy groups -OCH3 is 1. The summed E-state index contributed by atoms with van der Waals surface area (Å²) in [6.45, 7) is 1.99. The Morgan fingerprint density at radius 3 is 2.81 bits per heavy atom. The lowest BCUT2D eigenvalue weighted by atomic mass is 9.77. The average molecular weight is 226 g/mol. The first-order valence-electron chi connectivity index (χ1n) is 6.29. The summed E-state index contributed by atoms with van der Waals surface area (Å²) in [5, 5.41) is 6.39. The summed E-state index contributed by atoms with van der Waals surface area (Å²) >= 11 is 0. The van der Waals surface area contributed by atoms with Crippen LogP contribution in [0.2, 0.25) is 0 Å². The van der Waals surface area contributed by atoms with Gasteiger partial charge in [0.2, 0.25) is 5.91 Å². The highest BCUT2D eigenvalue weighted by atomic mass is 16.5. The van der Waals surface area contributed by atoms with Gasteiger partial charge in [0, 0.05) is 19.7 Å². The molecule has 2 fully saturated rings. The van der Waals surface area contributed by atoms with Gasteiger partial charge in [-0.25, -0.2) is 0 Å². The maximum Gasteiger partial charge on any atom is 0.223 e. The monoisotopic (exact) mass is 226 g/mol. The van der Waals surface area contributed by atoms with Crippen molar-refractivity contribution in [3.63, 3.8) is 0 Å². The molecule has 16 heavy (non-hydrogen) atoms. The van der Waals surface area contributed by atoms with Gasteiger partial charge in [-0.2, -0.15) is 0 Å². The van der Waals surface area contributed by atoms with E-state index in [1.54, 1.807) is 7.11 Å². The van der Waals surface area contributed by atoms with E-state index in [-0.39, 0.29) is 11.5 Å². The van der Waals surface area contributed by atoms with Gasteiger partial charge in [-0.05, 0) is 38.6 Å². The highest BCUT2D eigenvalue weighted by Gasteiger charge is 2.39. The summed E-state index contributed by atoms with van der Waals surface area (Å²) in [6.07, 6.45) is 6.02. The topological polar surface area (TPSA) is 50.4 Å². The van der Waals surface area contributed by atoms with Crippen molar-refractivity contribution in [3.05, 3.63) is 0 Å². The second kappa shape index (κ2) is 5.15. The second-order valence-electron chi connectivity index (χ2n) is 5.03. The van der Waals surface area contributed by atoms with Crippen LogP contribution in [0.3, 0.4) is 0 Å². The molecular weight excluding hydrogens is 204 g/mol. The zero-order valence-corrected chi connectivity index (χ0v) is 10.1. The van der Waals surface area contributed by atoms with Crippen LogP contribution in [0.5, 0.6) is 0 Å². The summed E-state index contributed by atoms with van der Waals surface area (Å²) in [6, 6.07) is 0.315. The molecule has 2 N–H and O–H groups in total. The molecule has 92 valence electrons. The normalized spacial score (nSPS) is 28.2. The molecule has 1 aliphatic carbocycles. The van der Waals surface area contributed by atoms with Crippen LogP contribution in [0.4, 0.5) is 0 Å². The van der Waals surface area contributed by atoms with Gasteiger partial charge in [0.15, 0.2) is 0 Å². The number of carbonyl (C=O) groups excluding carboxylic acids is 1. The molecule has 1 atom stereocenters. The van der Waals surface area contributed by atoms with Gasteiger partial charge < -0.3 is 15.4 Å². The molecule has 4 heteroatoms. The van der Waals surface area contributed by atoms with Crippen LogP contribution in [0.25, 0.3) is 0 Å². The Labute approximate surface area is 97.1 Å². The van der Waals surface area contributed by atoms with Crippen LogP contribution in [-0.2, 0) is 9.53 Å². The number of carbonyl (C=O) groups is 1. The minimum atomic E-state index is -0.147. The van der Waals surface area contributed by atoms with E-state index in [9.17, 15) is 4.79 Å². The molecule has 0 spiro atoms. The van der Waals surface area contributed by atoms with Gasteiger partial charge >= 0.3 is 0 Å². The van der Waals surface area contributed by atoms with E-state index in [4.69, 9.17) is 4.74 Å². The van der Waals surface area contributed by atoms with Crippen molar-refractivity contribution in [1.29, 1.82) is 0 Å². The second-order valence-corrected chi connectivity index (χ2v) is 5.03. The molecule has 4 nitrogen and oxygen atoms in total. The Kier molecular flexibility index (Phi) is 3.82. The third-order valence-electron chi connectivity index (χ3n) is 3.84. The largest absolute Gasteiger partial charge is 0.378 e. The van der Waals surface area contributed by atoms with Crippen LogP contribution in [0.1, 0.15) is 38.5 Å². The van der Waals surface area contributed by atoms with Gasteiger partial charge in [0.25, 0.3) is 0 Å². The van der Waals surface area contributed by atoms with E-state index >= 15 is 0 Å². The van der Waals surface area contributed by atoms with Gasteiger partial charge in [0.05, 0.1) is 12.0 Å². The Balaban J connectivity index is 1.74. The number of hydrogen-bond donors (Lipinski definition) is 2. The van der Waals surface area contributed by atoms with E-state index in [2.05, 4.69) is 10.6 Å². The van der Waals surface area contributed by atoms with E-state index < -0.39 is 0 Å². The maximum atomic E-state index is 11.9. The molecule has 0 aromatic rings. The first kappa shape index (κ1) is 11.9. The Morgan fingerprint density at radius 2 is 2.31 bits per heavy atom. The quantitative estimate of drug-likeness (QED) is 0.746. The Hall–Kier alpha value is -0.610. The van der Waals surface area contributed by atoms with E-state index in [1.807, 2.05) is 0 Å². The predicted molar refractivity (Wildman–Crippen MR) is 62.2 cm³/mol. The fourth-order valence-electron chi connectivity index (χ4n) is 2.57. The highest BCUT2D eigenvalue weighted by Crippen LogP contribution is 2.37. The number of ether oxygens (including phenoxy) is 1. The molecule has 1 unspecified atom stereocenters. The molecule has 0 aromatic heterocycles. The van der Waals surface area contributed by atoms with Crippen molar-refractivity contribution in [1.82, 2.24) is 10.6 Å². The first-order valence-corrected chi connectivity index (χ1v) is 6.29. The number of nitrogens with one attached hydrogen (secondary N) is 2. The number of amides is 1. The summed E-state index contributed by atoms with van der Waals surface area (Å²) in [4.78, 5) is 11.9. The highest BCUT2D eigenvalue weighted by molar-refractivity contribution is 5.77. The zero-order chi connectivity index (χ0) is 11.4. The summed E-state index contributed by atoms with van der Waals surface area (Å²) < 4.78 is 5.46. The fourth-order valence-corrected chi connectivity index (χ4v) is 2.57. The molecule has 2 rings (SSSR count). The lowest BCUT2D eigenvalue weighted by molar-refractivity contribution is -0.135. The van der Waals surface area contributed by atoms with Gasteiger partial charge in [-0.1, -0.05) is 0 Å². The maximum absolute atomic E-state index is 11.9. The Morgan fingerprint density at radius 1 is 1.50 bits per heavy atom. The van der Waals surface area contributed by atoms with Crippen LogP contribution >= 0.6 is 0 Å². The van der Waals surface area contributed by atoms with Crippen LogP contribution in [0, 0.1) is 0 Å². The van der Waals surface area contributed by atoms with Crippen LogP contribution < -0.4 is 10.6 Å². The van der Waals surface area contributed by atoms with Gasteiger partial charge in [-0.3, -0.25) is 4.79 Å². The van der Waals surface area contributed by atoms with Gasteiger partial charge in [-0.15, -0.1) is 0 Å².